The van der Waals surface area contributed by atoms with Crippen molar-refractivity contribution < 1.29 is 0 Å². The summed E-state index contributed by atoms with van der Waals surface area (Å²) in [7, 11) is 1.78. The molecule has 0 fully saturated rings. The zero-order chi connectivity index (χ0) is 16.1. The highest BCUT2D eigenvalue weighted by Crippen LogP contribution is 2.16. The fourth-order valence-electron chi connectivity index (χ4n) is 2.39. The molecule has 0 saturated heterocycles. The first-order valence-corrected chi connectivity index (χ1v) is 7.60. The molecule has 0 atom stereocenters. The lowest BCUT2D eigenvalue weighted by Crippen LogP contribution is -2.40. The highest BCUT2D eigenvalue weighted by Gasteiger charge is 2.09. The van der Waals surface area contributed by atoms with Gasteiger partial charge in [-0.25, -0.2) is 4.68 Å². The minimum absolute atomic E-state index is 0.345. The number of para-hydroxylation sites is 1. The number of hydrogen-bond donors (Lipinski definition) is 2. The van der Waals surface area contributed by atoms with Crippen LogP contribution in [0.1, 0.15) is 30.8 Å². The lowest BCUT2D eigenvalue weighted by molar-refractivity contribution is 0.697. The molecule has 0 amide bonds. The molecule has 22 heavy (non-hydrogen) atoms. The largest absolute Gasteiger partial charge is 0.354 e. The quantitative estimate of drug-likeness (QED) is 0.674. The Balaban J connectivity index is 2.21. The van der Waals surface area contributed by atoms with Crippen LogP contribution in [0.25, 0.3) is 5.69 Å². The normalized spacial score (nSPS) is 11.8. The third-order valence-electron chi connectivity index (χ3n) is 3.32. The molecule has 1 aromatic carbocycles. The lowest BCUT2D eigenvalue weighted by atomic mass is 10.1. The van der Waals surface area contributed by atoms with Gasteiger partial charge in [-0.15, -0.1) is 0 Å². The Hall–Kier alpha value is -2.30. The average molecular weight is 299 g/mol. The Morgan fingerprint density at radius 3 is 2.59 bits per heavy atom. The number of benzene rings is 1. The van der Waals surface area contributed by atoms with E-state index in [0.717, 1.165) is 23.0 Å². The molecule has 0 aliphatic rings. The third kappa shape index (κ3) is 3.87. The molecule has 1 aromatic heterocycles. The van der Waals surface area contributed by atoms with Crippen molar-refractivity contribution in [2.45, 2.75) is 40.3 Å². The van der Waals surface area contributed by atoms with Crippen LogP contribution >= 0.6 is 0 Å². The summed E-state index contributed by atoms with van der Waals surface area (Å²) in [5.74, 6) is 0.804. The van der Waals surface area contributed by atoms with Crippen LogP contribution in [0, 0.1) is 13.8 Å². The van der Waals surface area contributed by atoms with Crippen LogP contribution in [0.4, 0.5) is 0 Å². The van der Waals surface area contributed by atoms with E-state index < -0.39 is 0 Å². The third-order valence-corrected chi connectivity index (χ3v) is 3.32. The first-order chi connectivity index (χ1) is 10.5. The van der Waals surface area contributed by atoms with Crippen LogP contribution < -0.4 is 10.6 Å². The van der Waals surface area contributed by atoms with Crippen LogP contribution in [0.2, 0.25) is 0 Å². The average Bonchev–Trinajstić information content (AvgIpc) is 2.82. The molecule has 0 aliphatic heterocycles. The van der Waals surface area contributed by atoms with E-state index in [1.165, 1.54) is 5.56 Å². The van der Waals surface area contributed by atoms with Crippen molar-refractivity contribution in [3.8, 4) is 5.69 Å². The molecule has 0 spiro atoms. The van der Waals surface area contributed by atoms with Crippen molar-refractivity contribution in [2.75, 3.05) is 7.05 Å². The number of aliphatic imine (C=N–C) groups is 1. The van der Waals surface area contributed by atoms with Crippen molar-refractivity contribution in [3.05, 3.63) is 47.3 Å². The van der Waals surface area contributed by atoms with E-state index in [1.54, 1.807) is 7.05 Å². The van der Waals surface area contributed by atoms with E-state index in [0.29, 0.717) is 12.6 Å². The maximum Gasteiger partial charge on any atom is 0.191 e. The Kier molecular flexibility index (Phi) is 5.20. The van der Waals surface area contributed by atoms with Gasteiger partial charge >= 0.3 is 0 Å². The number of nitrogens with zero attached hydrogens (tertiary/aromatic N) is 3. The summed E-state index contributed by atoms with van der Waals surface area (Å²) in [5, 5.41) is 11.2. The molecule has 2 aromatic rings. The predicted molar refractivity (Wildman–Crippen MR) is 91.5 cm³/mol. The van der Waals surface area contributed by atoms with Crippen molar-refractivity contribution in [1.29, 1.82) is 0 Å². The van der Waals surface area contributed by atoms with Crippen LogP contribution in [-0.2, 0) is 6.54 Å². The Bertz CT molecular complexity index is 655. The van der Waals surface area contributed by atoms with Crippen LogP contribution in [-0.4, -0.2) is 28.8 Å². The molecular weight excluding hydrogens is 274 g/mol. The van der Waals surface area contributed by atoms with Gasteiger partial charge in [-0.1, -0.05) is 18.2 Å². The first-order valence-electron chi connectivity index (χ1n) is 7.60. The maximum atomic E-state index is 4.58. The summed E-state index contributed by atoms with van der Waals surface area (Å²) in [6.45, 7) is 8.97. The monoisotopic (exact) mass is 299 g/mol. The van der Waals surface area contributed by atoms with Crippen molar-refractivity contribution >= 4 is 5.96 Å². The Morgan fingerprint density at radius 1 is 1.27 bits per heavy atom. The van der Waals surface area contributed by atoms with Crippen molar-refractivity contribution in [2.24, 2.45) is 4.99 Å². The van der Waals surface area contributed by atoms with E-state index in [2.05, 4.69) is 59.7 Å². The van der Waals surface area contributed by atoms with E-state index in [1.807, 2.05) is 23.7 Å². The summed E-state index contributed by atoms with van der Waals surface area (Å²) in [6, 6.07) is 10.7. The summed E-state index contributed by atoms with van der Waals surface area (Å²) in [5.41, 5.74) is 4.44. The minimum Gasteiger partial charge on any atom is -0.354 e. The SMILES string of the molecule is CN=C(NCc1ccccc1-n1nc(C)cc1C)NC(C)C. The van der Waals surface area contributed by atoms with Gasteiger partial charge in [0.25, 0.3) is 0 Å². The minimum atomic E-state index is 0.345. The van der Waals surface area contributed by atoms with Gasteiger partial charge in [0.05, 0.1) is 11.4 Å². The van der Waals surface area contributed by atoms with E-state index in [9.17, 15) is 0 Å². The molecule has 2 N–H and O–H groups in total. The molecule has 118 valence electrons. The van der Waals surface area contributed by atoms with Gasteiger partial charge in [0, 0.05) is 25.3 Å². The van der Waals surface area contributed by atoms with Crippen LogP contribution in [0.5, 0.6) is 0 Å². The zero-order valence-electron chi connectivity index (χ0n) is 14.0. The lowest BCUT2D eigenvalue weighted by Gasteiger charge is -2.16. The second kappa shape index (κ2) is 7.11. The highest BCUT2D eigenvalue weighted by molar-refractivity contribution is 5.79. The molecule has 0 unspecified atom stereocenters. The number of hydrogen-bond acceptors (Lipinski definition) is 2. The van der Waals surface area contributed by atoms with Gasteiger partial charge in [0.1, 0.15) is 0 Å². The van der Waals surface area contributed by atoms with E-state index in [4.69, 9.17) is 0 Å². The van der Waals surface area contributed by atoms with Gasteiger partial charge in [0.15, 0.2) is 5.96 Å². The smallest absolute Gasteiger partial charge is 0.191 e. The standard InChI is InChI=1S/C17H25N5/c1-12(2)20-17(18-5)19-11-15-8-6-7-9-16(15)22-14(4)10-13(3)21-22/h6-10,12H,11H2,1-5H3,(H2,18,19,20). The van der Waals surface area contributed by atoms with E-state index in [-0.39, 0.29) is 0 Å². The molecule has 0 radical (unpaired) electrons. The van der Waals surface area contributed by atoms with Gasteiger partial charge in [-0.05, 0) is 45.4 Å². The molecular formula is C17H25N5. The second-order valence-electron chi connectivity index (χ2n) is 5.69. The summed E-state index contributed by atoms with van der Waals surface area (Å²) >= 11 is 0. The molecule has 5 nitrogen and oxygen atoms in total. The van der Waals surface area contributed by atoms with Gasteiger partial charge in [-0.2, -0.15) is 5.10 Å². The number of nitrogens with one attached hydrogen (secondary N) is 2. The predicted octanol–water partition coefficient (Wildman–Crippen LogP) is 2.56. The first kappa shape index (κ1) is 16.1. The second-order valence-corrected chi connectivity index (χ2v) is 5.69. The molecule has 5 heteroatoms. The summed E-state index contributed by atoms with van der Waals surface area (Å²) in [4.78, 5) is 4.24. The summed E-state index contributed by atoms with van der Waals surface area (Å²) < 4.78 is 1.99. The number of guanidine groups is 1. The van der Waals surface area contributed by atoms with Crippen LogP contribution in [0.3, 0.4) is 0 Å². The topological polar surface area (TPSA) is 54.2 Å². The number of aromatic nitrogens is 2. The fraction of sp³-hybridized carbons (Fsp3) is 0.412. The zero-order valence-corrected chi connectivity index (χ0v) is 14.0. The van der Waals surface area contributed by atoms with Gasteiger partial charge in [0.2, 0.25) is 0 Å². The van der Waals surface area contributed by atoms with Gasteiger partial charge < -0.3 is 10.6 Å². The fourth-order valence-corrected chi connectivity index (χ4v) is 2.39. The van der Waals surface area contributed by atoms with Crippen LogP contribution in [0.15, 0.2) is 35.3 Å². The summed E-state index contributed by atoms with van der Waals surface area (Å²) in [6.07, 6.45) is 0. The molecule has 0 bridgehead atoms. The highest BCUT2D eigenvalue weighted by atomic mass is 15.3. The molecule has 1 heterocycles. The number of rotatable bonds is 4. The Labute approximate surface area is 132 Å². The van der Waals surface area contributed by atoms with Gasteiger partial charge in [-0.3, -0.25) is 4.99 Å². The molecule has 0 saturated carbocycles. The molecule has 2 rings (SSSR count). The Morgan fingerprint density at radius 2 is 2.00 bits per heavy atom. The van der Waals surface area contributed by atoms with E-state index >= 15 is 0 Å². The number of aryl methyl sites for hydroxylation is 2. The maximum absolute atomic E-state index is 4.58. The van der Waals surface area contributed by atoms with Crippen molar-refractivity contribution in [1.82, 2.24) is 20.4 Å². The van der Waals surface area contributed by atoms with Crippen molar-refractivity contribution in [3.63, 3.8) is 0 Å². The molecule has 0 aliphatic carbocycles.